The maximum Gasteiger partial charge on any atom is 0.0879 e. The summed E-state index contributed by atoms with van der Waals surface area (Å²) in [6.45, 7) is 4.66. The summed E-state index contributed by atoms with van der Waals surface area (Å²) in [6, 6.07) is 0. The van der Waals surface area contributed by atoms with E-state index in [-0.39, 0.29) is 0 Å². The van der Waals surface area contributed by atoms with Crippen LogP contribution in [0.25, 0.3) is 0 Å². The smallest absolute Gasteiger partial charge is 0.0879 e. The highest BCUT2D eigenvalue weighted by Crippen LogP contribution is 2.13. The van der Waals surface area contributed by atoms with Gasteiger partial charge >= 0.3 is 0 Å². The molecular weight excluding hydrogens is 192 g/mol. The molecule has 86 valence electrons. The lowest BCUT2D eigenvalue weighted by Gasteiger charge is -2.13. The molecule has 6 nitrogen and oxygen atoms in total. The Hall–Kier alpha value is -0.240. The van der Waals surface area contributed by atoms with Gasteiger partial charge < -0.3 is 0 Å². The molecule has 0 fully saturated rings. The van der Waals surface area contributed by atoms with E-state index in [0.29, 0.717) is 25.0 Å². The van der Waals surface area contributed by atoms with Gasteiger partial charge in [-0.3, -0.25) is 0 Å². The van der Waals surface area contributed by atoms with Crippen LogP contribution in [0.15, 0.2) is 0 Å². The third-order valence-electron chi connectivity index (χ3n) is 1.96. The van der Waals surface area contributed by atoms with Crippen molar-refractivity contribution in [3.8, 4) is 0 Å². The lowest BCUT2D eigenvalue weighted by Crippen LogP contribution is -2.10. The van der Waals surface area contributed by atoms with Crippen LogP contribution in [-0.4, -0.2) is 23.7 Å². The van der Waals surface area contributed by atoms with E-state index in [1.54, 1.807) is 0 Å². The first-order valence-corrected chi connectivity index (χ1v) is 4.56. The van der Waals surface area contributed by atoms with E-state index in [0.717, 1.165) is 12.8 Å². The molecule has 0 aromatic heterocycles. The highest BCUT2D eigenvalue weighted by molar-refractivity contribution is 4.56. The highest BCUT2D eigenvalue weighted by atomic mass is 17.5. The Labute approximate surface area is 83.1 Å². The molecule has 0 spiro atoms. The van der Waals surface area contributed by atoms with E-state index < -0.39 is 0 Å². The molecule has 0 aliphatic rings. The summed E-state index contributed by atoms with van der Waals surface area (Å²) in [5, 5.41) is 22.9. The standard InChI is InChI=1S/C8H18O6/c1-7(5-11-13-9)3-4-8(2)6-12-14-10/h7-10H,3-6H2,1-2H3. The molecule has 14 heavy (non-hydrogen) atoms. The second-order valence-electron chi connectivity index (χ2n) is 3.51. The topological polar surface area (TPSA) is 77.4 Å². The Morgan fingerprint density at radius 3 is 1.50 bits per heavy atom. The van der Waals surface area contributed by atoms with Crippen LogP contribution in [0.4, 0.5) is 0 Å². The average Bonchev–Trinajstić information content (AvgIpc) is 2.20. The molecule has 0 aliphatic carbocycles. The molecule has 2 atom stereocenters. The summed E-state index contributed by atoms with van der Waals surface area (Å²) < 4.78 is 0. The van der Waals surface area contributed by atoms with Crippen molar-refractivity contribution in [2.45, 2.75) is 26.7 Å². The largest absolute Gasteiger partial charge is 0.221 e. The van der Waals surface area contributed by atoms with Gasteiger partial charge in [0.2, 0.25) is 0 Å². The lowest BCUT2D eigenvalue weighted by atomic mass is 9.99. The van der Waals surface area contributed by atoms with Gasteiger partial charge in [0.1, 0.15) is 0 Å². The van der Waals surface area contributed by atoms with Crippen molar-refractivity contribution in [3.05, 3.63) is 0 Å². The number of hydrogen-bond acceptors (Lipinski definition) is 6. The SMILES string of the molecule is CC(CCC(C)COOO)COOO. The van der Waals surface area contributed by atoms with Crippen LogP contribution in [0.2, 0.25) is 0 Å². The van der Waals surface area contributed by atoms with Gasteiger partial charge in [0.05, 0.1) is 13.2 Å². The summed E-state index contributed by atoms with van der Waals surface area (Å²) in [7, 11) is 0. The highest BCUT2D eigenvalue weighted by Gasteiger charge is 2.08. The van der Waals surface area contributed by atoms with Crippen LogP contribution in [0.5, 0.6) is 0 Å². The van der Waals surface area contributed by atoms with E-state index in [1.807, 2.05) is 13.8 Å². The van der Waals surface area contributed by atoms with Crippen LogP contribution in [-0.2, 0) is 19.9 Å². The van der Waals surface area contributed by atoms with E-state index in [9.17, 15) is 0 Å². The number of rotatable bonds is 9. The lowest BCUT2D eigenvalue weighted by molar-refractivity contribution is -0.494. The van der Waals surface area contributed by atoms with Crippen molar-refractivity contribution in [3.63, 3.8) is 0 Å². The Bertz CT molecular complexity index is 106. The van der Waals surface area contributed by atoms with Gasteiger partial charge in [-0.15, -0.1) is 0 Å². The first-order chi connectivity index (χ1) is 6.70. The molecule has 0 saturated heterocycles. The normalized spacial score (nSPS) is 15.4. The molecule has 0 heterocycles. The molecule has 0 aromatic carbocycles. The van der Waals surface area contributed by atoms with E-state index in [1.165, 1.54) is 0 Å². The summed E-state index contributed by atoms with van der Waals surface area (Å²) >= 11 is 0. The van der Waals surface area contributed by atoms with Crippen molar-refractivity contribution >= 4 is 0 Å². The molecule has 6 heteroatoms. The fourth-order valence-corrected chi connectivity index (χ4v) is 1.03. The maximum atomic E-state index is 7.92. The van der Waals surface area contributed by atoms with Crippen molar-refractivity contribution in [2.24, 2.45) is 11.8 Å². The molecule has 0 radical (unpaired) electrons. The predicted molar refractivity (Wildman–Crippen MR) is 46.9 cm³/mol. The molecule has 0 bridgehead atoms. The minimum absolute atomic E-state index is 0.291. The summed E-state index contributed by atoms with van der Waals surface area (Å²) in [6.07, 6.45) is 1.83. The van der Waals surface area contributed by atoms with Crippen LogP contribution in [0.1, 0.15) is 26.7 Å². The molecule has 0 aromatic rings. The summed E-state index contributed by atoms with van der Waals surface area (Å²) in [5.41, 5.74) is 0. The van der Waals surface area contributed by atoms with Crippen molar-refractivity contribution in [2.75, 3.05) is 13.2 Å². The van der Waals surface area contributed by atoms with Gasteiger partial charge in [-0.2, -0.15) is 0 Å². The molecule has 2 N–H and O–H groups in total. The fraction of sp³-hybridized carbons (Fsp3) is 1.00. The molecule has 0 aliphatic heterocycles. The first kappa shape index (κ1) is 13.8. The van der Waals surface area contributed by atoms with Gasteiger partial charge in [-0.25, -0.2) is 20.3 Å². The Morgan fingerprint density at radius 1 is 0.857 bits per heavy atom. The Balaban J connectivity index is 3.31. The third-order valence-corrected chi connectivity index (χ3v) is 1.96. The Kier molecular flexibility index (Phi) is 9.16. The quantitative estimate of drug-likeness (QED) is 0.447. The molecule has 2 unspecified atom stereocenters. The monoisotopic (exact) mass is 210 g/mol. The van der Waals surface area contributed by atoms with Crippen molar-refractivity contribution < 1.29 is 30.4 Å². The van der Waals surface area contributed by atoms with Gasteiger partial charge in [-0.1, -0.05) is 23.9 Å². The zero-order valence-corrected chi connectivity index (χ0v) is 8.51. The Morgan fingerprint density at radius 2 is 1.21 bits per heavy atom. The van der Waals surface area contributed by atoms with Gasteiger partial charge in [0.15, 0.2) is 0 Å². The van der Waals surface area contributed by atoms with E-state index in [4.69, 9.17) is 10.5 Å². The summed E-state index contributed by atoms with van der Waals surface area (Å²) in [4.78, 5) is 8.74. The fourth-order valence-electron chi connectivity index (χ4n) is 1.03. The minimum atomic E-state index is 0.291. The van der Waals surface area contributed by atoms with Crippen LogP contribution < -0.4 is 0 Å². The van der Waals surface area contributed by atoms with Gasteiger partial charge in [0, 0.05) is 0 Å². The van der Waals surface area contributed by atoms with E-state index in [2.05, 4.69) is 19.9 Å². The second-order valence-corrected chi connectivity index (χ2v) is 3.51. The first-order valence-electron chi connectivity index (χ1n) is 4.56. The van der Waals surface area contributed by atoms with Gasteiger partial charge in [-0.05, 0) is 24.7 Å². The maximum absolute atomic E-state index is 7.92. The second kappa shape index (κ2) is 9.32. The third kappa shape index (κ3) is 8.36. The van der Waals surface area contributed by atoms with Crippen molar-refractivity contribution in [1.82, 2.24) is 0 Å². The van der Waals surface area contributed by atoms with Crippen molar-refractivity contribution in [1.29, 1.82) is 0 Å². The average molecular weight is 210 g/mol. The van der Waals surface area contributed by atoms with Crippen LogP contribution >= 0.6 is 0 Å². The summed E-state index contributed by atoms with van der Waals surface area (Å²) in [5.74, 6) is 0.583. The van der Waals surface area contributed by atoms with Crippen LogP contribution in [0, 0.1) is 11.8 Å². The minimum Gasteiger partial charge on any atom is -0.221 e. The predicted octanol–water partition coefficient (Wildman–Crippen LogP) is 1.88. The molecule has 0 saturated carbocycles. The molecule has 0 rings (SSSR count). The molecule has 0 amide bonds. The van der Waals surface area contributed by atoms with E-state index >= 15 is 0 Å². The zero-order chi connectivity index (χ0) is 10.8. The van der Waals surface area contributed by atoms with Gasteiger partial charge in [0.25, 0.3) is 0 Å². The zero-order valence-electron chi connectivity index (χ0n) is 8.51. The number of hydrogen-bond donors (Lipinski definition) is 2. The van der Waals surface area contributed by atoms with Crippen LogP contribution in [0.3, 0.4) is 0 Å². The molecular formula is C8H18O6.